The van der Waals surface area contributed by atoms with Crippen molar-refractivity contribution in [1.82, 2.24) is 24.9 Å². The topological polar surface area (TPSA) is 112 Å². The molecule has 2 aliphatic heterocycles. The molecule has 5 rings (SSSR count). The van der Waals surface area contributed by atoms with E-state index < -0.39 is 18.5 Å². The van der Waals surface area contributed by atoms with Crippen molar-refractivity contribution in [3.63, 3.8) is 0 Å². The van der Waals surface area contributed by atoms with Crippen LogP contribution in [0.15, 0.2) is 42.5 Å². The first-order chi connectivity index (χ1) is 23.5. The molecule has 1 aromatic heterocycles. The summed E-state index contributed by atoms with van der Waals surface area (Å²) in [5.74, 6) is -0.935. The SMILES string of the molecule is CC(C)n1nc(C(=O)NCc2ccc(NC(=O)N3CCC(OCCCF)CC3)c(F)c2)c2c1[C@@H](C)CN(c1ccc(C(=O)N(C)C)cc1)C2. The molecule has 2 aliphatic rings. The van der Waals surface area contributed by atoms with Crippen molar-refractivity contribution in [3.8, 4) is 0 Å². The lowest BCUT2D eigenvalue weighted by Crippen LogP contribution is -2.43. The number of piperidine rings is 1. The second kappa shape index (κ2) is 15.8. The van der Waals surface area contributed by atoms with Gasteiger partial charge in [0.1, 0.15) is 5.82 Å². The maximum atomic E-state index is 15.1. The molecule has 49 heavy (non-hydrogen) atoms. The largest absolute Gasteiger partial charge is 0.378 e. The Morgan fingerprint density at radius 3 is 2.43 bits per heavy atom. The van der Waals surface area contributed by atoms with E-state index in [0.29, 0.717) is 62.3 Å². The summed E-state index contributed by atoms with van der Waals surface area (Å²) >= 11 is 0. The number of likely N-dealkylation sites (tertiary alicyclic amines) is 1. The van der Waals surface area contributed by atoms with E-state index in [1.165, 1.54) is 12.1 Å². The van der Waals surface area contributed by atoms with Crippen LogP contribution in [-0.2, 0) is 17.8 Å². The smallest absolute Gasteiger partial charge is 0.321 e. The van der Waals surface area contributed by atoms with Crippen LogP contribution in [0.4, 0.5) is 25.0 Å². The number of benzene rings is 2. The third-order valence-corrected chi connectivity index (χ3v) is 9.04. The molecule has 3 heterocycles. The second-order valence-corrected chi connectivity index (χ2v) is 13.3. The normalized spacial score (nSPS) is 16.4. The van der Waals surface area contributed by atoms with E-state index in [4.69, 9.17) is 9.84 Å². The molecular formula is C36H47F2N7O4. The Kier molecular flexibility index (Phi) is 11.5. The summed E-state index contributed by atoms with van der Waals surface area (Å²) in [7, 11) is 3.44. The standard InChI is InChI=1S/C36H47F2N7O4/c1-23(2)45-33-24(3)21-44(27-10-8-26(9-11-27)35(47)42(4)5)22-29(33)32(41-45)34(46)39-20-25-7-12-31(30(38)19-25)40-36(48)43-16-13-28(14-17-43)49-18-6-15-37/h7-12,19,23-24,28H,6,13-18,20-22H2,1-5H3,(H,39,46)(H,40,48)/t24-/m0/s1. The number of amides is 4. The van der Waals surface area contributed by atoms with Gasteiger partial charge in [0, 0.05) is 87.9 Å². The lowest BCUT2D eigenvalue weighted by molar-refractivity contribution is 0.0130. The van der Waals surface area contributed by atoms with Gasteiger partial charge in [-0.2, -0.15) is 5.10 Å². The van der Waals surface area contributed by atoms with Crippen molar-refractivity contribution in [2.24, 2.45) is 0 Å². The third-order valence-electron chi connectivity index (χ3n) is 9.04. The molecule has 0 unspecified atom stereocenters. The number of carbonyl (C=O) groups is 3. The van der Waals surface area contributed by atoms with E-state index in [9.17, 15) is 18.8 Å². The highest BCUT2D eigenvalue weighted by atomic mass is 19.1. The number of anilines is 2. The molecule has 3 aromatic rings. The number of halogens is 2. The molecule has 264 valence electrons. The summed E-state index contributed by atoms with van der Waals surface area (Å²) < 4.78 is 35.0. The minimum absolute atomic E-state index is 0.00712. The van der Waals surface area contributed by atoms with Crippen molar-refractivity contribution >= 4 is 29.2 Å². The number of nitrogens with one attached hydrogen (secondary N) is 2. The monoisotopic (exact) mass is 679 g/mol. The van der Waals surface area contributed by atoms with Crippen LogP contribution < -0.4 is 15.5 Å². The summed E-state index contributed by atoms with van der Waals surface area (Å²) in [4.78, 5) is 44.1. The first-order valence-corrected chi connectivity index (χ1v) is 16.9. The van der Waals surface area contributed by atoms with Gasteiger partial charge >= 0.3 is 6.03 Å². The van der Waals surface area contributed by atoms with Gasteiger partial charge in [-0.25, -0.2) is 9.18 Å². The van der Waals surface area contributed by atoms with Gasteiger partial charge in [-0.15, -0.1) is 0 Å². The Labute approximate surface area is 286 Å². The number of nitrogens with zero attached hydrogens (tertiary/aromatic N) is 5. The van der Waals surface area contributed by atoms with Crippen molar-refractivity contribution in [2.75, 3.05) is 57.2 Å². The number of hydrogen-bond donors (Lipinski definition) is 2. The number of carbonyl (C=O) groups excluding carboxylic acids is 3. The summed E-state index contributed by atoms with van der Waals surface area (Å²) in [6, 6.07) is 11.6. The van der Waals surface area contributed by atoms with Gasteiger partial charge in [0.15, 0.2) is 5.69 Å². The minimum atomic E-state index is -0.603. The maximum Gasteiger partial charge on any atom is 0.321 e. The van der Waals surface area contributed by atoms with Crippen molar-refractivity contribution < 1.29 is 27.9 Å². The summed E-state index contributed by atoms with van der Waals surface area (Å²) in [6.45, 7) is 8.34. The molecule has 1 atom stereocenters. The Bertz CT molecular complexity index is 1630. The average Bonchev–Trinajstić information content (AvgIpc) is 3.49. The summed E-state index contributed by atoms with van der Waals surface area (Å²) in [5, 5.41) is 10.3. The fraction of sp³-hybridized carbons (Fsp3) is 0.500. The molecule has 11 nitrogen and oxygen atoms in total. The van der Waals surface area contributed by atoms with Gasteiger partial charge in [-0.1, -0.05) is 13.0 Å². The zero-order valence-corrected chi connectivity index (χ0v) is 29.0. The number of hydrogen-bond acceptors (Lipinski definition) is 6. The molecule has 1 saturated heterocycles. The van der Waals surface area contributed by atoms with Crippen LogP contribution >= 0.6 is 0 Å². The van der Waals surface area contributed by atoms with Gasteiger partial charge < -0.3 is 30.1 Å². The van der Waals surface area contributed by atoms with Crippen LogP contribution in [-0.4, -0.2) is 90.5 Å². The Morgan fingerprint density at radius 2 is 1.80 bits per heavy atom. The predicted molar refractivity (Wildman–Crippen MR) is 184 cm³/mol. The third kappa shape index (κ3) is 8.38. The van der Waals surface area contributed by atoms with Crippen LogP contribution in [0.1, 0.15) is 89.7 Å². The molecule has 0 saturated carbocycles. The molecule has 4 amide bonds. The van der Waals surface area contributed by atoms with Gasteiger partial charge in [0.05, 0.1) is 18.5 Å². The lowest BCUT2D eigenvalue weighted by Gasteiger charge is -2.34. The molecule has 0 aliphatic carbocycles. The van der Waals surface area contributed by atoms with Gasteiger partial charge in [0.2, 0.25) is 0 Å². The molecule has 0 bridgehead atoms. The number of urea groups is 1. The second-order valence-electron chi connectivity index (χ2n) is 13.3. The molecule has 1 fully saturated rings. The zero-order valence-electron chi connectivity index (χ0n) is 29.0. The van der Waals surface area contributed by atoms with E-state index in [2.05, 4.69) is 22.5 Å². The van der Waals surface area contributed by atoms with Gasteiger partial charge in [0.25, 0.3) is 11.8 Å². The summed E-state index contributed by atoms with van der Waals surface area (Å²) in [5.41, 5.74) is 4.35. The van der Waals surface area contributed by atoms with E-state index in [1.54, 1.807) is 30.0 Å². The van der Waals surface area contributed by atoms with Crippen LogP contribution in [0.25, 0.3) is 0 Å². The Morgan fingerprint density at radius 1 is 1.08 bits per heavy atom. The quantitative estimate of drug-likeness (QED) is 0.251. The van der Waals surface area contributed by atoms with E-state index in [-0.39, 0.29) is 42.1 Å². The molecule has 0 radical (unpaired) electrons. The molecular weight excluding hydrogens is 632 g/mol. The van der Waals surface area contributed by atoms with E-state index >= 15 is 4.39 Å². The maximum absolute atomic E-state index is 15.1. The highest BCUT2D eigenvalue weighted by Gasteiger charge is 2.33. The number of aromatic nitrogens is 2. The lowest BCUT2D eigenvalue weighted by atomic mass is 9.95. The molecule has 2 N–H and O–H groups in total. The summed E-state index contributed by atoms with van der Waals surface area (Å²) in [6.07, 6.45) is 1.64. The molecule has 2 aromatic carbocycles. The molecule has 13 heteroatoms. The number of alkyl halides is 1. The van der Waals surface area contributed by atoms with Crippen LogP contribution in [0.3, 0.4) is 0 Å². The zero-order chi connectivity index (χ0) is 35.2. The van der Waals surface area contributed by atoms with Crippen molar-refractivity contribution in [2.45, 2.75) is 71.2 Å². The van der Waals surface area contributed by atoms with Gasteiger partial charge in [-0.3, -0.25) is 18.7 Å². The number of ether oxygens (including phenoxy) is 1. The minimum Gasteiger partial charge on any atom is -0.378 e. The van der Waals surface area contributed by atoms with Crippen molar-refractivity contribution in [1.29, 1.82) is 0 Å². The Hall–Kier alpha value is -4.52. The average molecular weight is 680 g/mol. The first kappa shape index (κ1) is 35.8. The van der Waals surface area contributed by atoms with E-state index in [0.717, 1.165) is 23.5 Å². The predicted octanol–water partition coefficient (Wildman–Crippen LogP) is 5.73. The highest BCUT2D eigenvalue weighted by molar-refractivity contribution is 5.95. The van der Waals surface area contributed by atoms with Crippen molar-refractivity contribution in [3.05, 3.63) is 76.4 Å². The fourth-order valence-corrected chi connectivity index (χ4v) is 6.44. The van der Waals surface area contributed by atoms with Crippen LogP contribution in [0, 0.1) is 5.82 Å². The fourth-order valence-electron chi connectivity index (χ4n) is 6.44. The first-order valence-electron chi connectivity index (χ1n) is 16.9. The number of fused-ring (bicyclic) bond motifs is 1. The Balaban J connectivity index is 1.22. The number of rotatable bonds is 11. The van der Waals surface area contributed by atoms with Gasteiger partial charge in [-0.05, 0) is 75.1 Å². The van der Waals surface area contributed by atoms with Crippen LogP contribution in [0.2, 0.25) is 0 Å². The molecule has 0 spiro atoms. The van der Waals surface area contributed by atoms with E-state index in [1.807, 2.05) is 42.8 Å². The highest BCUT2D eigenvalue weighted by Crippen LogP contribution is 2.35. The van der Waals surface area contributed by atoms with Crippen LogP contribution in [0.5, 0.6) is 0 Å².